The van der Waals surface area contributed by atoms with E-state index in [1.54, 1.807) is 0 Å². The van der Waals surface area contributed by atoms with Crippen molar-refractivity contribution in [2.24, 2.45) is 70.5 Å². The molecule has 0 aromatic carbocycles. The van der Waals surface area contributed by atoms with Crippen LogP contribution in [-0.2, 0) is 4.79 Å². The van der Waals surface area contributed by atoms with Crippen LogP contribution in [0.25, 0.3) is 0 Å². The first kappa shape index (κ1) is 42.6. The zero-order chi connectivity index (χ0) is 35.8. The molecule has 3 unspecified atom stereocenters. The third kappa shape index (κ3) is 8.53. The summed E-state index contributed by atoms with van der Waals surface area (Å²) in [5.74, 6) is 6.17. The lowest BCUT2D eigenvalue weighted by atomic mass is 9.63. The van der Waals surface area contributed by atoms with Crippen molar-refractivity contribution in [3.63, 3.8) is 0 Å². The van der Waals surface area contributed by atoms with E-state index in [-0.39, 0.29) is 30.7 Å². The minimum absolute atomic E-state index is 0. The number of unbranched alkanes of at least 4 members (excludes halogenated alkanes) is 6. The van der Waals surface area contributed by atoms with Crippen LogP contribution in [0.2, 0.25) is 0 Å². The van der Waals surface area contributed by atoms with Gasteiger partial charge in [-0.05, 0) is 131 Å². The van der Waals surface area contributed by atoms with Crippen LogP contribution in [0.1, 0.15) is 124 Å². The maximum absolute atomic E-state index is 13.0. The third-order valence-electron chi connectivity index (χ3n) is 14.3. The molecule has 0 aromatic heterocycles. The number of Topliss-reactive ketones (excluding diaryl/α,β-unsaturated/α-hetero) is 1. The molecule has 280 valence electrons. The zero-order valence-corrected chi connectivity index (χ0v) is 33.0. The molecule has 0 saturated heterocycles. The average Bonchev–Trinajstić information content (AvgIpc) is 3.94. The second-order valence-electron chi connectivity index (χ2n) is 17.0. The Morgan fingerprint density at radius 1 is 0.940 bits per heavy atom. The number of hydrogen-bond acceptors (Lipinski definition) is 3. The number of ketones is 1. The van der Waals surface area contributed by atoms with Crippen LogP contribution in [0, 0.1) is 83.4 Å². The molecule has 0 radical (unpaired) electrons. The molecule has 0 aromatic rings. The highest BCUT2D eigenvalue weighted by Gasteiger charge is 2.63. The molecule has 2 N–H and O–H groups in total. The number of carbonyl (C=O) groups excluding carboxylic acids is 1. The Kier molecular flexibility index (Phi) is 16.5. The molecule has 14 atom stereocenters. The highest BCUT2D eigenvalue weighted by Crippen LogP contribution is 2.67. The van der Waals surface area contributed by atoms with Crippen molar-refractivity contribution in [2.75, 3.05) is 0 Å². The highest BCUT2D eigenvalue weighted by molar-refractivity contribution is 7.59. The normalized spacial score (nSPS) is 38.9. The fraction of sp³-hybridized carbons (Fsp3) is 0.717. The molecule has 0 amide bonds. The summed E-state index contributed by atoms with van der Waals surface area (Å²) in [5, 5.41) is 22.1. The molecule has 6 aliphatic carbocycles. The zero-order valence-electron chi connectivity index (χ0n) is 32.0. The molecule has 5 fully saturated rings. The molecule has 0 heterocycles. The van der Waals surface area contributed by atoms with Crippen molar-refractivity contribution in [1.82, 2.24) is 0 Å². The molecule has 4 bridgehead atoms. The Balaban J connectivity index is 0.000000253. The van der Waals surface area contributed by atoms with E-state index < -0.39 is 11.7 Å². The summed E-state index contributed by atoms with van der Waals surface area (Å²) in [6.07, 6.45) is 42.4. The highest BCUT2D eigenvalue weighted by atomic mass is 32.1. The summed E-state index contributed by atoms with van der Waals surface area (Å²) in [7, 11) is 0. The van der Waals surface area contributed by atoms with E-state index in [4.69, 9.17) is 0 Å². The Morgan fingerprint density at radius 2 is 1.56 bits per heavy atom. The number of allylic oxidation sites excluding steroid dienone is 6. The molecule has 3 nitrogen and oxygen atoms in total. The molecule has 0 spiro atoms. The van der Waals surface area contributed by atoms with Crippen LogP contribution < -0.4 is 0 Å². The number of aliphatic hydroxyl groups excluding tert-OH is 1. The third-order valence-corrected chi connectivity index (χ3v) is 14.3. The van der Waals surface area contributed by atoms with Gasteiger partial charge in [0.2, 0.25) is 0 Å². The Bertz CT molecular complexity index is 1210. The summed E-state index contributed by atoms with van der Waals surface area (Å²) >= 11 is 0. The predicted molar refractivity (Wildman–Crippen MR) is 217 cm³/mol. The van der Waals surface area contributed by atoms with E-state index in [0.29, 0.717) is 29.5 Å². The average molecular weight is 705 g/mol. The Hall–Kier alpha value is -1.80. The second kappa shape index (κ2) is 19.3. The molecule has 4 heteroatoms. The summed E-state index contributed by atoms with van der Waals surface area (Å²) in [5.41, 5.74) is -0.766. The minimum Gasteiger partial charge on any atom is -0.388 e. The van der Waals surface area contributed by atoms with Gasteiger partial charge in [-0.2, -0.15) is 13.5 Å². The molecular formula is C46H72O3S. The van der Waals surface area contributed by atoms with Crippen molar-refractivity contribution in [3.8, 4) is 12.8 Å². The van der Waals surface area contributed by atoms with Crippen molar-refractivity contribution in [2.45, 2.75) is 136 Å². The molecule has 6 aliphatic rings. The van der Waals surface area contributed by atoms with Crippen LogP contribution in [-0.4, -0.2) is 27.7 Å². The fourth-order valence-corrected chi connectivity index (χ4v) is 11.9. The predicted octanol–water partition coefficient (Wildman–Crippen LogP) is 10.8. The van der Waals surface area contributed by atoms with Gasteiger partial charge < -0.3 is 10.2 Å². The van der Waals surface area contributed by atoms with Gasteiger partial charge in [0.15, 0.2) is 0 Å². The van der Waals surface area contributed by atoms with Crippen molar-refractivity contribution < 1.29 is 15.0 Å². The van der Waals surface area contributed by atoms with Crippen LogP contribution >= 0.6 is 13.5 Å². The van der Waals surface area contributed by atoms with E-state index in [2.05, 4.69) is 90.2 Å². The van der Waals surface area contributed by atoms with Gasteiger partial charge in [0.1, 0.15) is 5.78 Å². The van der Waals surface area contributed by atoms with E-state index >= 15 is 0 Å². The molecule has 0 aliphatic heterocycles. The molecule has 6 rings (SSSR count). The summed E-state index contributed by atoms with van der Waals surface area (Å²) < 4.78 is 0. The number of hydrogen-bond donors (Lipinski definition) is 2. The van der Waals surface area contributed by atoms with Crippen molar-refractivity contribution in [1.29, 1.82) is 0 Å². The van der Waals surface area contributed by atoms with Crippen LogP contribution in [0.15, 0.2) is 61.8 Å². The molecule has 5 saturated carbocycles. The largest absolute Gasteiger partial charge is 0.388 e. The Morgan fingerprint density at radius 3 is 2.20 bits per heavy atom. The maximum atomic E-state index is 13.0. The van der Waals surface area contributed by atoms with E-state index in [1.165, 1.54) is 64.2 Å². The smallest absolute Gasteiger partial charge is 0.142 e. The lowest BCUT2D eigenvalue weighted by Gasteiger charge is -2.44. The monoisotopic (exact) mass is 705 g/mol. The van der Waals surface area contributed by atoms with Gasteiger partial charge in [0, 0.05) is 11.3 Å². The van der Waals surface area contributed by atoms with Crippen molar-refractivity contribution >= 4 is 19.3 Å². The quantitative estimate of drug-likeness (QED) is 0.0955. The Labute approximate surface area is 314 Å². The van der Waals surface area contributed by atoms with Gasteiger partial charge in [0.05, 0.1) is 17.6 Å². The maximum Gasteiger partial charge on any atom is 0.142 e. The van der Waals surface area contributed by atoms with Gasteiger partial charge >= 0.3 is 0 Å². The fourth-order valence-electron chi connectivity index (χ4n) is 11.9. The SMILES string of the molecule is C#C.C=CCC1C2C3CC[C@H](C3)[C@@H]2C(=O)[C@@H]1[C@@H](O)/C=C/CCCCC.C=CC[C@H]1[C@H]2[C@@H](C[C@]1(C)[C@@](C)(O)/C=C/CCCCC)[C@H]1C=C[C@@H]2C1.S. The van der Waals surface area contributed by atoms with E-state index in [1.807, 2.05) is 12.2 Å². The van der Waals surface area contributed by atoms with Gasteiger partial charge in [-0.15, -0.1) is 26.0 Å². The standard InChI is InChI=1S/C23H36O.C21H32O2.C2H2.H2S/c1-5-7-8-9-10-14-23(4,24)22(3)16-19-17-12-13-18(15-17)21(19)20(22)11-6-2;1-3-5-6-7-8-10-17(22)20-16(9-4-2)18-14-11-12-15(13-14)19(18)21(20)23;1-2;/h6,10,12-14,17-21,24H,2,5,7-9,11,15-16H2,1,3-4H3;4,8,10,14-20,22H,2-3,5-7,9,11-13H2,1H3;1-2H;1H2/b14-10+;10-8+;;/t17-,18+,19-,20-,21+,22-,23-;14?,15-,16?,17+,18?,19+,20+;;/m01../s1. The minimum atomic E-state index is -0.726. The van der Waals surface area contributed by atoms with E-state index in [0.717, 1.165) is 61.7 Å². The number of fused-ring (bicyclic) bond motifs is 10. The lowest BCUT2D eigenvalue weighted by molar-refractivity contribution is -0.128. The number of rotatable bonds is 16. The topological polar surface area (TPSA) is 57.5 Å². The summed E-state index contributed by atoms with van der Waals surface area (Å²) in [4.78, 5) is 13.0. The summed E-state index contributed by atoms with van der Waals surface area (Å²) in [6.45, 7) is 16.8. The number of terminal acetylenes is 1. The van der Waals surface area contributed by atoms with E-state index in [9.17, 15) is 15.0 Å². The van der Waals surface area contributed by atoms with Gasteiger partial charge in [-0.25, -0.2) is 0 Å². The second-order valence-corrected chi connectivity index (χ2v) is 17.0. The lowest BCUT2D eigenvalue weighted by Crippen LogP contribution is -2.46. The van der Waals surface area contributed by atoms with Crippen LogP contribution in [0.5, 0.6) is 0 Å². The van der Waals surface area contributed by atoms with Gasteiger partial charge in [-0.3, -0.25) is 4.79 Å². The van der Waals surface area contributed by atoms with Crippen LogP contribution in [0.4, 0.5) is 0 Å². The van der Waals surface area contributed by atoms with Crippen molar-refractivity contribution in [3.05, 3.63) is 61.8 Å². The van der Waals surface area contributed by atoms with Gasteiger partial charge in [0.25, 0.3) is 0 Å². The van der Waals surface area contributed by atoms with Gasteiger partial charge in [-0.1, -0.05) is 95.1 Å². The number of aliphatic hydroxyl groups is 2. The molecule has 50 heavy (non-hydrogen) atoms. The van der Waals surface area contributed by atoms with Crippen LogP contribution in [0.3, 0.4) is 0 Å². The first-order valence-corrected chi connectivity index (χ1v) is 20.1. The summed E-state index contributed by atoms with van der Waals surface area (Å²) in [6, 6.07) is 0. The molecular weight excluding hydrogens is 633 g/mol. The first-order valence-electron chi connectivity index (χ1n) is 20.1. The first-order chi connectivity index (χ1) is 23.6. The number of carbonyl (C=O) groups is 1.